The fourth-order valence-corrected chi connectivity index (χ4v) is 1.77. The SMILES string of the molecule is COc1ccc(C)cc1Nc1cc(Br)ncn1. The van der Waals surface area contributed by atoms with Gasteiger partial charge in [0.2, 0.25) is 0 Å². The molecule has 1 aromatic carbocycles. The molecule has 88 valence electrons. The van der Waals surface area contributed by atoms with E-state index in [2.05, 4.69) is 31.2 Å². The number of nitrogens with zero attached hydrogens (tertiary/aromatic N) is 2. The molecule has 0 radical (unpaired) electrons. The summed E-state index contributed by atoms with van der Waals surface area (Å²) in [6.45, 7) is 2.03. The first kappa shape index (κ1) is 11.9. The molecule has 0 aliphatic carbocycles. The predicted octanol–water partition coefficient (Wildman–Crippen LogP) is 3.30. The van der Waals surface area contributed by atoms with Gasteiger partial charge in [-0.15, -0.1) is 0 Å². The van der Waals surface area contributed by atoms with E-state index in [0.717, 1.165) is 27.4 Å². The van der Waals surface area contributed by atoms with Gasteiger partial charge < -0.3 is 10.1 Å². The van der Waals surface area contributed by atoms with Crippen molar-refractivity contribution < 1.29 is 4.74 Å². The zero-order valence-corrected chi connectivity index (χ0v) is 11.2. The number of aryl methyl sites for hydroxylation is 1. The van der Waals surface area contributed by atoms with Gasteiger partial charge in [0.15, 0.2) is 0 Å². The lowest BCUT2D eigenvalue weighted by Crippen LogP contribution is -1.97. The number of halogens is 1. The van der Waals surface area contributed by atoms with Crippen LogP contribution in [0.1, 0.15) is 5.56 Å². The summed E-state index contributed by atoms with van der Waals surface area (Å²) in [6, 6.07) is 7.74. The summed E-state index contributed by atoms with van der Waals surface area (Å²) in [7, 11) is 1.64. The Kier molecular flexibility index (Phi) is 3.58. The summed E-state index contributed by atoms with van der Waals surface area (Å²) >= 11 is 3.30. The minimum Gasteiger partial charge on any atom is -0.495 e. The number of ether oxygens (including phenoxy) is 1. The summed E-state index contributed by atoms with van der Waals surface area (Å²) in [5, 5.41) is 3.20. The van der Waals surface area contributed by atoms with Crippen LogP contribution >= 0.6 is 15.9 Å². The third-order valence-corrected chi connectivity index (χ3v) is 2.69. The molecule has 0 saturated carbocycles. The van der Waals surface area contributed by atoms with E-state index in [1.807, 2.05) is 31.2 Å². The first-order valence-corrected chi connectivity index (χ1v) is 5.87. The molecule has 0 spiro atoms. The van der Waals surface area contributed by atoms with Crippen molar-refractivity contribution in [3.8, 4) is 5.75 Å². The Balaban J connectivity index is 2.32. The molecular formula is C12H12BrN3O. The summed E-state index contributed by atoms with van der Waals surface area (Å²) in [4.78, 5) is 8.11. The second-order valence-electron chi connectivity index (χ2n) is 3.55. The second kappa shape index (κ2) is 5.14. The highest BCUT2D eigenvalue weighted by molar-refractivity contribution is 9.10. The molecule has 0 unspecified atom stereocenters. The quantitative estimate of drug-likeness (QED) is 0.882. The highest BCUT2D eigenvalue weighted by Gasteiger charge is 2.04. The zero-order chi connectivity index (χ0) is 12.3. The number of nitrogens with one attached hydrogen (secondary N) is 1. The summed E-state index contributed by atoms with van der Waals surface area (Å²) in [6.07, 6.45) is 1.49. The van der Waals surface area contributed by atoms with Gasteiger partial charge in [-0.1, -0.05) is 6.07 Å². The number of hydrogen-bond acceptors (Lipinski definition) is 4. The first-order valence-electron chi connectivity index (χ1n) is 5.08. The van der Waals surface area contributed by atoms with E-state index in [0.29, 0.717) is 0 Å². The van der Waals surface area contributed by atoms with Crippen LogP contribution in [0.2, 0.25) is 0 Å². The molecule has 1 heterocycles. The third kappa shape index (κ3) is 2.94. The zero-order valence-electron chi connectivity index (χ0n) is 9.57. The van der Waals surface area contributed by atoms with Crippen LogP contribution in [0.25, 0.3) is 0 Å². The lowest BCUT2D eigenvalue weighted by molar-refractivity contribution is 0.416. The van der Waals surface area contributed by atoms with Crippen molar-refractivity contribution in [2.45, 2.75) is 6.92 Å². The van der Waals surface area contributed by atoms with Crippen LogP contribution < -0.4 is 10.1 Å². The molecule has 1 N–H and O–H groups in total. The lowest BCUT2D eigenvalue weighted by Gasteiger charge is -2.11. The van der Waals surface area contributed by atoms with Crippen LogP contribution in [0.15, 0.2) is 35.2 Å². The van der Waals surface area contributed by atoms with Gasteiger partial charge in [-0.05, 0) is 40.5 Å². The number of rotatable bonds is 3. The second-order valence-corrected chi connectivity index (χ2v) is 4.37. The summed E-state index contributed by atoms with van der Waals surface area (Å²) < 4.78 is 6.02. The Morgan fingerprint density at radius 1 is 1.24 bits per heavy atom. The Hall–Kier alpha value is -1.62. The molecule has 0 amide bonds. The van der Waals surface area contributed by atoms with Crippen LogP contribution in [0.3, 0.4) is 0 Å². The van der Waals surface area contributed by atoms with Gasteiger partial charge in [0, 0.05) is 6.07 Å². The maximum atomic E-state index is 5.29. The van der Waals surface area contributed by atoms with Crippen molar-refractivity contribution in [1.29, 1.82) is 0 Å². The molecular weight excluding hydrogens is 282 g/mol. The smallest absolute Gasteiger partial charge is 0.142 e. The van der Waals surface area contributed by atoms with Crippen LogP contribution in [0, 0.1) is 6.92 Å². The van der Waals surface area contributed by atoms with Crippen molar-refractivity contribution in [3.63, 3.8) is 0 Å². The molecule has 0 saturated heterocycles. The third-order valence-electron chi connectivity index (χ3n) is 2.25. The van der Waals surface area contributed by atoms with Gasteiger partial charge in [0.1, 0.15) is 22.5 Å². The summed E-state index contributed by atoms with van der Waals surface area (Å²) in [5.74, 6) is 1.50. The average molecular weight is 294 g/mol. The van der Waals surface area contributed by atoms with Crippen LogP contribution in [0.4, 0.5) is 11.5 Å². The van der Waals surface area contributed by atoms with Gasteiger partial charge in [-0.25, -0.2) is 9.97 Å². The van der Waals surface area contributed by atoms with E-state index < -0.39 is 0 Å². The van der Waals surface area contributed by atoms with E-state index in [1.165, 1.54) is 6.33 Å². The maximum absolute atomic E-state index is 5.29. The minimum absolute atomic E-state index is 0.718. The van der Waals surface area contributed by atoms with Crippen LogP contribution in [-0.4, -0.2) is 17.1 Å². The number of aromatic nitrogens is 2. The Morgan fingerprint density at radius 2 is 2.06 bits per heavy atom. The Morgan fingerprint density at radius 3 is 2.76 bits per heavy atom. The van der Waals surface area contributed by atoms with Crippen molar-refractivity contribution in [1.82, 2.24) is 9.97 Å². The molecule has 0 atom stereocenters. The molecule has 0 bridgehead atoms. The van der Waals surface area contributed by atoms with Crippen molar-refractivity contribution in [2.24, 2.45) is 0 Å². The summed E-state index contributed by atoms with van der Waals surface area (Å²) in [5.41, 5.74) is 2.04. The Labute approximate surface area is 108 Å². The fourth-order valence-electron chi connectivity index (χ4n) is 1.46. The van der Waals surface area contributed by atoms with E-state index in [9.17, 15) is 0 Å². The maximum Gasteiger partial charge on any atom is 0.142 e. The minimum atomic E-state index is 0.718. The highest BCUT2D eigenvalue weighted by Crippen LogP contribution is 2.28. The van der Waals surface area contributed by atoms with Crippen LogP contribution in [-0.2, 0) is 0 Å². The Bertz CT molecular complexity index is 531. The molecule has 0 aliphatic heterocycles. The van der Waals surface area contributed by atoms with Gasteiger partial charge >= 0.3 is 0 Å². The van der Waals surface area contributed by atoms with Crippen molar-refractivity contribution in [2.75, 3.05) is 12.4 Å². The molecule has 1 aromatic heterocycles. The van der Waals surface area contributed by atoms with E-state index in [1.54, 1.807) is 7.11 Å². The van der Waals surface area contributed by atoms with Crippen molar-refractivity contribution >= 4 is 27.4 Å². The van der Waals surface area contributed by atoms with Crippen molar-refractivity contribution in [3.05, 3.63) is 40.8 Å². The van der Waals surface area contributed by atoms with Gasteiger partial charge in [0.25, 0.3) is 0 Å². The average Bonchev–Trinajstić information content (AvgIpc) is 2.29. The molecule has 5 heteroatoms. The number of anilines is 2. The van der Waals surface area contributed by atoms with E-state index in [-0.39, 0.29) is 0 Å². The molecule has 0 fully saturated rings. The van der Waals surface area contributed by atoms with Crippen LogP contribution in [0.5, 0.6) is 5.75 Å². The van der Waals surface area contributed by atoms with E-state index in [4.69, 9.17) is 4.74 Å². The number of benzene rings is 1. The predicted molar refractivity (Wildman–Crippen MR) is 70.7 cm³/mol. The normalized spacial score (nSPS) is 10.1. The van der Waals surface area contributed by atoms with Gasteiger partial charge in [0.05, 0.1) is 12.8 Å². The standard InChI is InChI=1S/C12H12BrN3O/c1-8-3-4-10(17-2)9(5-8)16-12-6-11(13)14-7-15-12/h3-7H,1-2H3,(H,14,15,16). The number of methoxy groups -OCH3 is 1. The van der Waals surface area contributed by atoms with E-state index >= 15 is 0 Å². The molecule has 4 nitrogen and oxygen atoms in total. The van der Waals surface area contributed by atoms with Gasteiger partial charge in [-0.2, -0.15) is 0 Å². The lowest BCUT2D eigenvalue weighted by atomic mass is 10.2. The number of hydrogen-bond donors (Lipinski definition) is 1. The monoisotopic (exact) mass is 293 g/mol. The highest BCUT2D eigenvalue weighted by atomic mass is 79.9. The topological polar surface area (TPSA) is 47.0 Å². The fraction of sp³-hybridized carbons (Fsp3) is 0.167. The molecule has 2 rings (SSSR count). The molecule has 2 aromatic rings. The largest absolute Gasteiger partial charge is 0.495 e. The van der Waals surface area contributed by atoms with Gasteiger partial charge in [-0.3, -0.25) is 0 Å². The molecule has 0 aliphatic rings. The first-order chi connectivity index (χ1) is 8.19. The molecule has 17 heavy (non-hydrogen) atoms.